The van der Waals surface area contributed by atoms with Gasteiger partial charge in [-0.3, -0.25) is 0 Å². The highest BCUT2D eigenvalue weighted by Gasteiger charge is 2.31. The highest BCUT2D eigenvalue weighted by molar-refractivity contribution is 6.29. The molecule has 0 aromatic carbocycles. The summed E-state index contributed by atoms with van der Waals surface area (Å²) < 4.78 is 5.46. The summed E-state index contributed by atoms with van der Waals surface area (Å²) in [5.74, 6) is 0.862. The zero-order valence-corrected chi connectivity index (χ0v) is 14.6. The quantitative estimate of drug-likeness (QED) is 0.741. The summed E-state index contributed by atoms with van der Waals surface area (Å²) in [5, 5.41) is 0.497. The lowest BCUT2D eigenvalue weighted by atomic mass is 10.2. The number of ether oxygens (including phenoxy) is 1. The van der Waals surface area contributed by atoms with Gasteiger partial charge < -0.3 is 14.5 Å². The second kappa shape index (κ2) is 6.32. The minimum Gasteiger partial charge on any atom is -0.444 e. The predicted octanol–water partition coefficient (Wildman–Crippen LogP) is 3.49. The molecule has 6 heteroatoms. The van der Waals surface area contributed by atoms with Crippen molar-refractivity contribution in [3.63, 3.8) is 0 Å². The first-order valence-corrected chi connectivity index (χ1v) is 7.92. The monoisotopic (exact) mass is 325 g/mol. The summed E-state index contributed by atoms with van der Waals surface area (Å²) >= 11 is 6.04. The number of halogens is 1. The van der Waals surface area contributed by atoms with E-state index in [1.165, 1.54) is 0 Å². The van der Waals surface area contributed by atoms with E-state index in [0.717, 1.165) is 17.9 Å². The Morgan fingerprint density at radius 1 is 1.36 bits per heavy atom. The van der Waals surface area contributed by atoms with Crippen LogP contribution in [-0.2, 0) is 4.74 Å². The van der Waals surface area contributed by atoms with E-state index in [4.69, 9.17) is 16.3 Å². The van der Waals surface area contributed by atoms with E-state index < -0.39 is 5.60 Å². The first kappa shape index (κ1) is 16.9. The van der Waals surface area contributed by atoms with Crippen molar-refractivity contribution in [3.8, 4) is 0 Å². The number of anilines is 1. The first-order valence-electron chi connectivity index (χ1n) is 7.54. The summed E-state index contributed by atoms with van der Waals surface area (Å²) in [7, 11) is 0. The number of nitrogens with zero attached hydrogens (tertiary/aromatic N) is 3. The van der Waals surface area contributed by atoms with Gasteiger partial charge in [-0.2, -0.15) is 0 Å². The van der Waals surface area contributed by atoms with Gasteiger partial charge in [-0.25, -0.2) is 9.78 Å². The Bertz CT molecular complexity index is 537. The van der Waals surface area contributed by atoms with Crippen LogP contribution in [0.2, 0.25) is 5.15 Å². The standard InChI is InChI=1S/C16H24ClN3O2/c1-11-8-13(17)18-14(9-11)19-6-7-20(12(2)10-19)15(21)22-16(3,4)5/h8-9,12H,6-7,10H2,1-5H3/t12-/m0/s1. The molecule has 1 aliphatic heterocycles. The molecule has 22 heavy (non-hydrogen) atoms. The predicted molar refractivity (Wildman–Crippen MR) is 88.6 cm³/mol. The lowest BCUT2D eigenvalue weighted by Gasteiger charge is -2.40. The molecule has 1 fully saturated rings. The number of piperazine rings is 1. The summed E-state index contributed by atoms with van der Waals surface area (Å²) in [6.07, 6.45) is -0.255. The summed E-state index contributed by atoms with van der Waals surface area (Å²) in [5.41, 5.74) is 0.608. The smallest absolute Gasteiger partial charge is 0.410 e. The van der Waals surface area contributed by atoms with Crippen molar-refractivity contribution in [2.75, 3.05) is 24.5 Å². The molecule has 2 rings (SSSR count). The van der Waals surface area contributed by atoms with Crippen molar-refractivity contribution in [2.45, 2.75) is 46.3 Å². The van der Waals surface area contributed by atoms with Gasteiger partial charge in [-0.15, -0.1) is 0 Å². The minimum absolute atomic E-state index is 0.0599. The summed E-state index contributed by atoms with van der Waals surface area (Å²) in [6, 6.07) is 3.91. The Morgan fingerprint density at radius 3 is 2.59 bits per heavy atom. The average Bonchev–Trinajstić information content (AvgIpc) is 2.35. The largest absolute Gasteiger partial charge is 0.444 e. The van der Waals surface area contributed by atoms with Gasteiger partial charge in [0.1, 0.15) is 16.6 Å². The lowest BCUT2D eigenvalue weighted by molar-refractivity contribution is 0.0158. The number of pyridine rings is 1. The Kier molecular flexibility index (Phi) is 4.85. The number of amides is 1. The van der Waals surface area contributed by atoms with E-state index in [9.17, 15) is 4.79 Å². The van der Waals surface area contributed by atoms with Crippen LogP contribution in [0.25, 0.3) is 0 Å². The zero-order valence-electron chi connectivity index (χ0n) is 13.9. The van der Waals surface area contributed by atoms with Gasteiger partial charge in [-0.1, -0.05) is 11.6 Å². The Morgan fingerprint density at radius 2 is 2.05 bits per heavy atom. The molecule has 1 aliphatic rings. The van der Waals surface area contributed by atoms with E-state index in [-0.39, 0.29) is 12.1 Å². The van der Waals surface area contributed by atoms with Gasteiger partial charge in [-0.05, 0) is 52.3 Å². The van der Waals surface area contributed by atoms with Crippen LogP contribution in [0, 0.1) is 6.92 Å². The molecule has 0 spiro atoms. The maximum Gasteiger partial charge on any atom is 0.410 e. The molecule has 1 atom stereocenters. The van der Waals surface area contributed by atoms with E-state index in [0.29, 0.717) is 18.2 Å². The van der Waals surface area contributed by atoms with Gasteiger partial charge in [0.25, 0.3) is 0 Å². The van der Waals surface area contributed by atoms with Crippen LogP contribution in [-0.4, -0.2) is 47.3 Å². The SMILES string of the molecule is Cc1cc(Cl)nc(N2CCN(C(=O)OC(C)(C)C)[C@@H](C)C2)c1. The highest BCUT2D eigenvalue weighted by atomic mass is 35.5. The number of hydrogen-bond donors (Lipinski definition) is 0. The third-order valence-corrected chi connectivity index (χ3v) is 3.70. The number of hydrogen-bond acceptors (Lipinski definition) is 4. The van der Waals surface area contributed by atoms with E-state index in [2.05, 4.69) is 9.88 Å². The molecule has 1 aromatic heterocycles. The third kappa shape index (κ3) is 4.26. The molecule has 0 unspecified atom stereocenters. The van der Waals surface area contributed by atoms with Gasteiger partial charge in [0, 0.05) is 25.7 Å². The number of carbonyl (C=O) groups excluding carboxylic acids is 1. The fraction of sp³-hybridized carbons (Fsp3) is 0.625. The zero-order chi connectivity index (χ0) is 16.5. The molecule has 0 bridgehead atoms. The van der Waals surface area contributed by atoms with Crippen LogP contribution in [0.5, 0.6) is 0 Å². The molecule has 1 amide bonds. The van der Waals surface area contributed by atoms with Crippen LogP contribution < -0.4 is 4.90 Å². The molecular formula is C16H24ClN3O2. The molecule has 2 heterocycles. The number of carbonyl (C=O) groups is 1. The van der Waals surface area contributed by atoms with Gasteiger partial charge in [0.05, 0.1) is 0 Å². The number of aryl methyl sites for hydroxylation is 1. The molecule has 0 saturated carbocycles. The van der Waals surface area contributed by atoms with Gasteiger partial charge >= 0.3 is 6.09 Å². The maximum absolute atomic E-state index is 12.2. The van der Waals surface area contributed by atoms with Crippen molar-refractivity contribution < 1.29 is 9.53 Å². The number of rotatable bonds is 1. The third-order valence-electron chi connectivity index (χ3n) is 3.50. The van der Waals surface area contributed by atoms with Crippen LogP contribution in [0.4, 0.5) is 10.6 Å². The van der Waals surface area contributed by atoms with Crippen molar-refractivity contribution >= 4 is 23.5 Å². The molecule has 5 nitrogen and oxygen atoms in total. The topological polar surface area (TPSA) is 45.7 Å². The molecule has 1 aromatic rings. The minimum atomic E-state index is -0.473. The van der Waals surface area contributed by atoms with Crippen molar-refractivity contribution in [1.29, 1.82) is 0 Å². The number of aromatic nitrogens is 1. The van der Waals surface area contributed by atoms with Crippen LogP contribution in [0.15, 0.2) is 12.1 Å². The van der Waals surface area contributed by atoms with E-state index in [1.54, 1.807) is 4.90 Å². The molecule has 0 aliphatic carbocycles. The highest BCUT2D eigenvalue weighted by Crippen LogP contribution is 2.22. The van der Waals surface area contributed by atoms with Crippen LogP contribution in [0.3, 0.4) is 0 Å². The van der Waals surface area contributed by atoms with Gasteiger partial charge in [0.2, 0.25) is 0 Å². The second-order valence-electron chi connectivity index (χ2n) is 6.79. The van der Waals surface area contributed by atoms with Crippen LogP contribution >= 0.6 is 11.6 Å². The normalized spacial score (nSPS) is 19.3. The van der Waals surface area contributed by atoms with Gasteiger partial charge in [0.15, 0.2) is 0 Å². The fourth-order valence-corrected chi connectivity index (χ4v) is 2.79. The summed E-state index contributed by atoms with van der Waals surface area (Å²) in [4.78, 5) is 20.5. The average molecular weight is 326 g/mol. The van der Waals surface area contributed by atoms with Crippen molar-refractivity contribution in [3.05, 3.63) is 22.8 Å². The van der Waals surface area contributed by atoms with E-state index >= 15 is 0 Å². The Labute approximate surface area is 137 Å². The molecule has 0 radical (unpaired) electrons. The van der Waals surface area contributed by atoms with E-state index in [1.807, 2.05) is 46.8 Å². The summed E-state index contributed by atoms with van der Waals surface area (Å²) in [6.45, 7) is 11.7. The molecule has 0 N–H and O–H groups in total. The van der Waals surface area contributed by atoms with Crippen LogP contribution in [0.1, 0.15) is 33.3 Å². The second-order valence-corrected chi connectivity index (χ2v) is 7.18. The fourth-order valence-electron chi connectivity index (χ4n) is 2.53. The molecule has 122 valence electrons. The molecule has 1 saturated heterocycles. The lowest BCUT2D eigenvalue weighted by Crippen LogP contribution is -2.55. The Hall–Kier alpha value is -1.49. The molecular weight excluding hydrogens is 302 g/mol. The first-order chi connectivity index (χ1) is 10.2. The maximum atomic E-state index is 12.2. The Balaban J connectivity index is 2.05. The van der Waals surface area contributed by atoms with Crippen molar-refractivity contribution in [2.24, 2.45) is 0 Å². The van der Waals surface area contributed by atoms with Crippen molar-refractivity contribution in [1.82, 2.24) is 9.88 Å².